The van der Waals surface area contributed by atoms with E-state index in [1.807, 2.05) is 7.05 Å². The van der Waals surface area contributed by atoms with Crippen molar-refractivity contribution in [2.45, 2.75) is 0 Å². The molecule has 6 nitrogen and oxygen atoms in total. The molecular weight excluding hydrogens is 318 g/mol. The number of likely N-dealkylation sites (N-methyl/N-ethyl adjacent to an activating group) is 1. The van der Waals surface area contributed by atoms with E-state index in [9.17, 15) is 9.59 Å². The molecule has 2 heterocycles. The summed E-state index contributed by atoms with van der Waals surface area (Å²) < 4.78 is 5.33. The van der Waals surface area contributed by atoms with E-state index < -0.39 is 0 Å². The number of ether oxygens (including phenoxy) is 1. The summed E-state index contributed by atoms with van der Waals surface area (Å²) in [4.78, 5) is 31.7. The summed E-state index contributed by atoms with van der Waals surface area (Å²) in [6.07, 6.45) is 3.38. The minimum absolute atomic E-state index is 0.0334. The van der Waals surface area contributed by atoms with Crippen molar-refractivity contribution in [3.8, 4) is 0 Å². The number of hydrogen-bond donors (Lipinski definition) is 1. The zero-order valence-corrected chi connectivity index (χ0v) is 14.4. The van der Waals surface area contributed by atoms with Gasteiger partial charge in [0.15, 0.2) is 5.78 Å². The Balaban J connectivity index is 1.57. The topological polar surface area (TPSA) is 65.6 Å². The summed E-state index contributed by atoms with van der Waals surface area (Å²) in [6, 6.07) is 8.58. The number of hydrogen-bond acceptors (Lipinski definition) is 4. The number of carbonyl (C=O) groups excluding carboxylic acids is 2. The van der Waals surface area contributed by atoms with Gasteiger partial charge in [-0.05, 0) is 18.2 Å². The Bertz CT molecular complexity index is 704. The van der Waals surface area contributed by atoms with Gasteiger partial charge in [0, 0.05) is 62.3 Å². The Labute approximate surface area is 147 Å². The second kappa shape index (κ2) is 8.09. The van der Waals surface area contributed by atoms with Crippen molar-refractivity contribution in [1.29, 1.82) is 0 Å². The molecule has 6 heteroatoms. The van der Waals surface area contributed by atoms with Crippen LogP contribution in [-0.4, -0.2) is 72.9 Å². The Morgan fingerprint density at radius 3 is 2.40 bits per heavy atom. The molecule has 0 saturated carbocycles. The van der Waals surface area contributed by atoms with E-state index in [1.165, 1.54) is 0 Å². The lowest BCUT2D eigenvalue weighted by Crippen LogP contribution is -2.41. The van der Waals surface area contributed by atoms with Crippen molar-refractivity contribution in [3.05, 3.63) is 59.4 Å². The largest absolute Gasteiger partial charge is 0.379 e. The molecule has 1 aliphatic heterocycles. The lowest BCUT2D eigenvalue weighted by Gasteiger charge is -2.28. The monoisotopic (exact) mass is 341 g/mol. The highest BCUT2D eigenvalue weighted by molar-refractivity contribution is 6.09. The van der Waals surface area contributed by atoms with E-state index in [-0.39, 0.29) is 11.7 Å². The van der Waals surface area contributed by atoms with Crippen LogP contribution in [0.25, 0.3) is 0 Å². The van der Waals surface area contributed by atoms with Crippen molar-refractivity contribution in [2.75, 3.05) is 46.4 Å². The lowest BCUT2D eigenvalue weighted by atomic mass is 10.0. The van der Waals surface area contributed by atoms with Gasteiger partial charge in [0.25, 0.3) is 5.91 Å². The number of aromatic nitrogens is 1. The predicted molar refractivity (Wildman–Crippen MR) is 94.9 cm³/mol. The van der Waals surface area contributed by atoms with E-state index in [4.69, 9.17) is 4.74 Å². The van der Waals surface area contributed by atoms with Gasteiger partial charge in [0.2, 0.25) is 0 Å². The zero-order chi connectivity index (χ0) is 17.6. The maximum atomic E-state index is 12.5. The Hall–Kier alpha value is -2.44. The molecule has 0 radical (unpaired) electrons. The van der Waals surface area contributed by atoms with E-state index in [0.29, 0.717) is 23.2 Å². The molecular formula is C19H23N3O3. The molecule has 0 unspecified atom stereocenters. The van der Waals surface area contributed by atoms with Gasteiger partial charge in [0.05, 0.1) is 13.2 Å². The molecule has 1 N–H and O–H groups in total. The molecule has 2 aromatic rings. The lowest BCUT2D eigenvalue weighted by molar-refractivity contribution is 0.0338. The van der Waals surface area contributed by atoms with E-state index in [0.717, 1.165) is 32.8 Å². The van der Waals surface area contributed by atoms with E-state index >= 15 is 0 Å². The Morgan fingerprint density at radius 2 is 1.76 bits per heavy atom. The molecule has 1 aliphatic rings. The minimum Gasteiger partial charge on any atom is -0.379 e. The van der Waals surface area contributed by atoms with Crippen LogP contribution < -0.4 is 0 Å². The number of carbonyl (C=O) groups is 2. The fourth-order valence-electron chi connectivity index (χ4n) is 2.83. The third-order valence-corrected chi connectivity index (χ3v) is 4.46. The van der Waals surface area contributed by atoms with Gasteiger partial charge in [-0.3, -0.25) is 14.5 Å². The molecule has 1 amide bonds. The summed E-state index contributed by atoms with van der Waals surface area (Å²) in [5, 5.41) is 0. The Morgan fingerprint density at radius 1 is 1.08 bits per heavy atom. The van der Waals surface area contributed by atoms with Crippen LogP contribution in [0.2, 0.25) is 0 Å². The van der Waals surface area contributed by atoms with Gasteiger partial charge in [-0.25, -0.2) is 0 Å². The number of H-pyrrole nitrogens is 1. The molecule has 3 rings (SSSR count). The molecule has 1 fully saturated rings. The van der Waals surface area contributed by atoms with Crippen molar-refractivity contribution >= 4 is 11.7 Å². The van der Waals surface area contributed by atoms with Gasteiger partial charge in [-0.1, -0.05) is 12.1 Å². The van der Waals surface area contributed by atoms with Crippen LogP contribution in [0, 0.1) is 0 Å². The maximum Gasteiger partial charge on any atom is 0.253 e. The highest BCUT2D eigenvalue weighted by atomic mass is 16.5. The maximum absolute atomic E-state index is 12.5. The summed E-state index contributed by atoms with van der Waals surface area (Å²) in [5.74, 6) is -0.0881. The molecule has 132 valence electrons. The first-order chi connectivity index (χ1) is 12.1. The van der Waals surface area contributed by atoms with E-state index in [1.54, 1.807) is 47.6 Å². The first-order valence-corrected chi connectivity index (χ1v) is 8.48. The van der Waals surface area contributed by atoms with Crippen molar-refractivity contribution < 1.29 is 14.3 Å². The van der Waals surface area contributed by atoms with Gasteiger partial charge >= 0.3 is 0 Å². The van der Waals surface area contributed by atoms with Gasteiger partial charge in [0.1, 0.15) is 0 Å². The summed E-state index contributed by atoms with van der Waals surface area (Å²) in [5.41, 5.74) is 1.78. The van der Waals surface area contributed by atoms with Gasteiger partial charge in [-0.2, -0.15) is 0 Å². The second-order valence-corrected chi connectivity index (χ2v) is 6.19. The quantitative estimate of drug-likeness (QED) is 0.812. The van der Waals surface area contributed by atoms with Crippen LogP contribution >= 0.6 is 0 Å². The number of rotatable bonds is 6. The van der Waals surface area contributed by atoms with Crippen LogP contribution in [0.1, 0.15) is 26.3 Å². The average molecular weight is 341 g/mol. The number of benzene rings is 1. The Kier molecular flexibility index (Phi) is 5.63. The average Bonchev–Trinajstić information content (AvgIpc) is 3.20. The number of nitrogens with one attached hydrogen (secondary N) is 1. The molecule has 1 aromatic heterocycles. The molecule has 0 aliphatic carbocycles. The minimum atomic E-state index is -0.0547. The summed E-state index contributed by atoms with van der Waals surface area (Å²) in [6.45, 7) is 4.86. The highest BCUT2D eigenvalue weighted by Gasteiger charge is 2.16. The van der Waals surface area contributed by atoms with Crippen molar-refractivity contribution in [1.82, 2.24) is 14.8 Å². The van der Waals surface area contributed by atoms with Gasteiger partial charge < -0.3 is 14.6 Å². The first-order valence-electron chi connectivity index (χ1n) is 8.48. The van der Waals surface area contributed by atoms with Crippen LogP contribution in [0.4, 0.5) is 0 Å². The molecule has 1 saturated heterocycles. The van der Waals surface area contributed by atoms with Crippen molar-refractivity contribution in [2.24, 2.45) is 0 Å². The van der Waals surface area contributed by atoms with E-state index in [2.05, 4.69) is 9.88 Å². The number of morpholine rings is 1. The van der Waals surface area contributed by atoms with Crippen molar-refractivity contribution in [3.63, 3.8) is 0 Å². The molecule has 0 bridgehead atoms. The molecule has 25 heavy (non-hydrogen) atoms. The standard InChI is InChI=1S/C19H23N3O3/c1-21(8-9-22-10-12-25-13-11-22)19(24)16-4-2-15(3-5-16)18(23)17-6-7-20-14-17/h2-7,14,20H,8-13H2,1H3. The predicted octanol–water partition coefficient (Wildman–Crippen LogP) is 1.65. The number of amides is 1. The number of aromatic amines is 1. The highest BCUT2D eigenvalue weighted by Crippen LogP contribution is 2.12. The fraction of sp³-hybridized carbons (Fsp3) is 0.368. The number of nitrogens with zero attached hydrogens (tertiary/aromatic N) is 2. The second-order valence-electron chi connectivity index (χ2n) is 6.19. The third-order valence-electron chi connectivity index (χ3n) is 4.46. The third kappa shape index (κ3) is 4.35. The number of ketones is 1. The van der Waals surface area contributed by atoms with Crippen LogP contribution in [-0.2, 0) is 4.74 Å². The summed E-state index contributed by atoms with van der Waals surface area (Å²) >= 11 is 0. The first kappa shape index (κ1) is 17.4. The molecule has 1 aromatic carbocycles. The van der Waals surface area contributed by atoms with Crippen LogP contribution in [0.3, 0.4) is 0 Å². The van der Waals surface area contributed by atoms with Gasteiger partial charge in [-0.15, -0.1) is 0 Å². The smallest absolute Gasteiger partial charge is 0.253 e. The zero-order valence-electron chi connectivity index (χ0n) is 14.4. The SMILES string of the molecule is CN(CCN1CCOCC1)C(=O)c1ccc(C(=O)c2cc[nH]c2)cc1. The normalized spacial score (nSPS) is 15.1. The fourth-order valence-corrected chi connectivity index (χ4v) is 2.83. The van der Waals surface area contributed by atoms with Crippen LogP contribution in [0.5, 0.6) is 0 Å². The van der Waals surface area contributed by atoms with Crippen LogP contribution in [0.15, 0.2) is 42.7 Å². The molecule has 0 atom stereocenters. The summed E-state index contributed by atoms with van der Waals surface area (Å²) in [7, 11) is 1.81. The molecule has 0 spiro atoms.